The molecule has 142 heavy (non-hydrogen) atoms. The molecule has 0 bridgehead atoms. The second-order valence-corrected chi connectivity index (χ2v) is 36.2. The molecule has 37 nitrogen and oxygen atoms in total. The maximum atomic E-state index is 11.7. The normalized spacial score (nSPS) is 17.3. The monoisotopic (exact) mass is 2380 g/mol. The number of phenolic OH excluding ortho intramolecular Hbond substituents is 1. The highest BCUT2D eigenvalue weighted by Crippen LogP contribution is 2.44. The molecule has 0 aliphatic carbocycles. The van der Waals surface area contributed by atoms with E-state index in [2.05, 4.69) is 123 Å². The minimum Gasteiger partial charge on any atom is -0.508 e. The topological polar surface area (TPSA) is 454 Å². The molecule has 15 rings (SSSR count). The van der Waals surface area contributed by atoms with Gasteiger partial charge in [-0.25, -0.2) is 59.1 Å². The van der Waals surface area contributed by atoms with Gasteiger partial charge in [0.25, 0.3) is 11.8 Å². The van der Waals surface area contributed by atoms with Crippen LogP contribution in [0.4, 0.5) is 63.3 Å². The number of nitrogens with one attached hydrogen (secondary N) is 6. The van der Waals surface area contributed by atoms with Crippen molar-refractivity contribution in [1.82, 2.24) is 34.9 Å². The van der Waals surface area contributed by atoms with Crippen LogP contribution in [-0.4, -0.2) is 180 Å². The molecule has 0 saturated carbocycles. The summed E-state index contributed by atoms with van der Waals surface area (Å²) in [5, 5.41) is 36.7. The summed E-state index contributed by atoms with van der Waals surface area (Å²) in [4.78, 5) is 98.8. The molecular weight excluding hydrogens is 2060 g/mol. The van der Waals surface area contributed by atoms with E-state index in [4.69, 9.17) is 318 Å². The lowest BCUT2D eigenvalue weighted by atomic mass is 9.49. The number of fused-ring (bicyclic) bond motifs is 1. The Labute approximate surface area is 1030 Å². The highest BCUT2D eigenvalue weighted by Gasteiger charge is 2.64. The molecule has 3 fully saturated rings. The van der Waals surface area contributed by atoms with Crippen molar-refractivity contribution in [3.8, 4) is 40.6 Å². The zero-order chi connectivity index (χ0) is 216. The Morgan fingerprint density at radius 3 is 1.06 bits per heavy atom. The Kier molecular flexibility index (Phi) is 21.5. The third kappa shape index (κ3) is 31.6. The smallest absolute Gasteiger partial charge is 0.495 e. The van der Waals surface area contributed by atoms with Crippen molar-refractivity contribution in [2.75, 3.05) is 74.2 Å². The van der Waals surface area contributed by atoms with Gasteiger partial charge in [0.1, 0.15) is 90.0 Å². The first-order valence-corrected chi connectivity index (χ1v) is 45.7. The van der Waals surface area contributed by atoms with Gasteiger partial charge in [0.2, 0.25) is 46.1 Å². The van der Waals surface area contributed by atoms with E-state index in [0.717, 1.165) is 23.6 Å². The fraction of sp³-hybridized carbons (Fsp3) is 0.266. The molecule has 11 aromatic rings. The van der Waals surface area contributed by atoms with E-state index in [1.165, 1.54) is 36.4 Å². The lowest BCUT2D eigenvalue weighted by Gasteiger charge is -2.32. The average molecular weight is 2380 g/mol. The molecule has 0 radical (unpaired) electrons. The minimum atomic E-state index is -0.860. The number of hydrogen-bond donors (Lipinski definition) is 10. The molecule has 4 aromatic carbocycles. The lowest BCUT2D eigenvalue weighted by Crippen LogP contribution is -2.41. The Bertz CT molecular complexity index is 6720. The molecule has 3 saturated heterocycles. The zero-order valence-electron chi connectivity index (χ0n) is 190. The first kappa shape index (κ1) is 58.3. The van der Waals surface area contributed by atoms with E-state index in [1.54, 1.807) is 158 Å². The largest absolute Gasteiger partial charge is 0.508 e. The number of aromatic nitrogens is 7. The molecular formula is C94H207B4Br2Cl5N20O17. The fourth-order valence-corrected chi connectivity index (χ4v) is 13.5. The quantitative estimate of drug-likeness (QED) is 0.0156. The molecule has 846 valence electrons. The van der Waals surface area contributed by atoms with Gasteiger partial charge >= 0.3 is 28.3 Å². The van der Waals surface area contributed by atoms with Crippen LogP contribution >= 0.6 is 89.9 Å². The number of halogens is 7. The second-order valence-electron chi connectivity index (χ2n) is 32.5. The van der Waals surface area contributed by atoms with Crippen molar-refractivity contribution in [2.45, 2.75) is 123 Å². The van der Waals surface area contributed by atoms with E-state index in [1.807, 2.05) is 89.2 Å². The van der Waals surface area contributed by atoms with Crippen LogP contribution in [0.3, 0.4) is 0 Å². The summed E-state index contributed by atoms with van der Waals surface area (Å²) in [6.07, 6.45) is 2.18. The Morgan fingerprint density at radius 2 is 0.711 bits per heavy atom. The molecule has 12 N–H and O–H groups in total. The third-order valence-electron chi connectivity index (χ3n) is 21.6. The van der Waals surface area contributed by atoms with Crippen LogP contribution in [-0.2, 0) is 39.2 Å². The number of amides is 2. The molecule has 0 atom stereocenters. The van der Waals surface area contributed by atoms with Crippen LogP contribution in [0.5, 0.6) is 40.6 Å². The van der Waals surface area contributed by atoms with Gasteiger partial charge in [-0.3, -0.25) is 24.0 Å². The second kappa shape index (κ2) is 52.4. The minimum absolute atomic E-state index is 0.0324. The van der Waals surface area contributed by atoms with E-state index < -0.39 is 51.3 Å². The highest BCUT2D eigenvalue weighted by atomic mass is 79.9. The van der Waals surface area contributed by atoms with Crippen LogP contribution in [0.1, 0.15) is 304 Å². The number of nitrogens with two attached hydrogens (primary N) is 2. The Balaban J connectivity index is -0.0000000369. The van der Waals surface area contributed by atoms with Gasteiger partial charge in [-0.05, 0) is 245 Å². The number of nitrogens with zero attached hydrogens (tertiary/aromatic N) is 12. The molecule has 4 aliphatic heterocycles. The molecule has 0 spiro atoms. The van der Waals surface area contributed by atoms with E-state index in [9.17, 15) is 29.0 Å². The third-order valence-corrected chi connectivity index (χ3v) is 24.1. The van der Waals surface area contributed by atoms with Gasteiger partial charge in [-0.1, -0.05) is 102 Å². The predicted octanol–water partition coefficient (Wildman–Crippen LogP) is 34.1. The van der Waals surface area contributed by atoms with Crippen molar-refractivity contribution in [3.05, 3.63) is 283 Å². The van der Waals surface area contributed by atoms with Gasteiger partial charge < -0.3 is 100 Å². The van der Waals surface area contributed by atoms with Crippen LogP contribution < -0.4 is 68.5 Å². The number of rotatable bonds is 19. The first-order valence-electron chi connectivity index (χ1n) is 97.2. The summed E-state index contributed by atoms with van der Waals surface area (Å²) in [6, 6.07) is 42.2. The van der Waals surface area contributed by atoms with E-state index >= 15 is 0 Å². The predicted molar refractivity (Wildman–Crippen MR) is 676 cm³/mol. The van der Waals surface area contributed by atoms with E-state index in [0.29, 0.717) is 163 Å². The number of benzene rings is 4. The maximum Gasteiger partial charge on any atom is 0.495 e. The highest BCUT2D eigenvalue weighted by molar-refractivity contribution is 9.10. The number of pyridine rings is 7. The lowest BCUT2D eigenvalue weighted by molar-refractivity contribution is 0.00578. The van der Waals surface area contributed by atoms with Gasteiger partial charge in [0.15, 0.2) is 12.6 Å². The van der Waals surface area contributed by atoms with Gasteiger partial charge in [-0.2, -0.15) is 0 Å². The molecule has 48 heteroatoms. The number of carbonyl (C=O) groups excluding carboxylic acids is 5. The number of anilines is 6. The summed E-state index contributed by atoms with van der Waals surface area (Å²) >= 11 is 34.2. The van der Waals surface area contributed by atoms with Crippen molar-refractivity contribution in [1.29, 1.82) is 0 Å². The van der Waals surface area contributed by atoms with Crippen molar-refractivity contribution in [2.24, 2.45) is 11.5 Å². The summed E-state index contributed by atoms with van der Waals surface area (Å²) < 4.78 is 609. The molecule has 11 heterocycles. The number of ether oxygens (including phenoxy) is 3. The fourth-order valence-electron chi connectivity index (χ4n) is 12.0. The SMILES string of the molecule is CC1(C)OB(B2OC(C)(C)C(C)(C)O2)OC1(C)C.CNc1nc(Cl)ccc1C(N)=O.NC(=O)c1ccc(Cl)nc1Cl.O=Cc1cc(O)ccc1Br.[2H][2H].[2H][2H].[2H][2H].[2H][2H].[2H][2H].[2H][2H].[2H][2H].[2H][2H].[2H][2H].[2H][2H].[2H][2H].[2H][2H].[2H][2H].[2H][2H].[2H][2H].[2H][2H].[2H][2H].[2H][2H].[2H][2H].[2H][2H].[2H][2H].[2H][2H].[2H][2H].[2H][2H].[2H][2H].[2H][2H].[2H][2H].[2H][2H].[2H][2H].[2H][2H].[2H][2H].[2H][2H].[2H][2H].[2H][2H].[2H][2H].[2H][2H].[2H][2H].[2H][2H].[2H][2H].[2H][2H].[2H][2H].[2H][2H].[2H][2H].[2H][2H].[2H][2H].[2H][2H].[2H][2H].[2H][2H].[2H][2H].[2H][2H].[2H][2H].[2H][2H].[2H][2H].[2H][2H].[2H][2H].[C-]#[N+]c1ccc(Cl)nc1NC.[C-]#[N+]c1ccc(Cl)nc1NC.[C-]#[N+]c1ccc(Oc2ccc(B3OC(C)(C)C(C)(C)O3)c(C=O)c2)nc1NC.[C-]#[N+]c1ccc(Oc2ccc(Br)c(C=O)c2)nc1NC.[C-]#[N+]c1ccc(Oc2ccc3c(c2)COB3O)nc1NC. The number of primary amides is 2. The van der Waals surface area contributed by atoms with Crippen LogP contribution in [0, 0.1) is 32.9 Å². The van der Waals surface area contributed by atoms with Crippen LogP contribution in [0.15, 0.2) is 167 Å². The number of hydrogen-bond acceptors (Lipinski definition) is 30. The summed E-state index contributed by atoms with van der Waals surface area (Å²) in [6.45, 7) is 59.1. The summed E-state index contributed by atoms with van der Waals surface area (Å²) in [7, 11) is 7.68. The van der Waals surface area contributed by atoms with Crippen molar-refractivity contribution < 1.29 is 244 Å². The molecule has 4 aliphatic rings. The number of carbonyl (C=O) groups is 5. The molecule has 0 unspecified atom stereocenters. The first-order chi connectivity index (χ1) is 122. The number of aromatic hydroxyl groups is 1. The maximum absolute atomic E-state index is 11.7. The van der Waals surface area contributed by atoms with Crippen LogP contribution in [0.2, 0.25) is 25.8 Å². The van der Waals surface area contributed by atoms with Crippen LogP contribution in [0.25, 0.3) is 24.2 Å². The molecule has 7 aromatic heterocycles. The summed E-state index contributed by atoms with van der Waals surface area (Å²) in [5.74, 6) is 4.38. The number of aldehydes is 3. The Hall–Kier alpha value is -13.3. The van der Waals surface area contributed by atoms with E-state index in [-0.39, 0.29) is 44.0 Å². The Morgan fingerprint density at radius 1 is 0.408 bits per heavy atom. The van der Waals surface area contributed by atoms with Gasteiger partial charge in [0.05, 0.1) is 84.2 Å². The van der Waals surface area contributed by atoms with Crippen molar-refractivity contribution in [3.63, 3.8) is 0 Å². The van der Waals surface area contributed by atoms with Gasteiger partial charge in [-0.15, -0.1) is 0 Å². The summed E-state index contributed by atoms with van der Waals surface area (Å²) in [5.41, 5.74) is 14.0. The number of phenols is 1. The molecule has 2 amide bonds. The van der Waals surface area contributed by atoms with Gasteiger partial charge in [0, 0.05) is 231 Å². The average Bonchev–Trinajstić information content (AvgIpc) is 1.59. The standard InChI is InChI=1S/C20H22BN3O4.C14H12BN3O3.C14H10BrN3O2.C12H24B2O4.C7H5BrO2.C7H8ClN3O.2C7H6ClN3.C6H4Cl2N2O.55H2/c1-19(2)20(3,4)28-21(27-19)15-8-7-14(11-13(15)12-25)26-17-10-9-16(22-5)18(23-6)24-17;1-16-12-5-6-13(18-14(12)17-2)21-10-3-4-11-9(7-10)8-20-15(11)19;1-16-12-5-6-13(18-14(12)17-2)20-10-3-4-11(15)9(7-10)8-19;1-9(2)10(3,4)16-13(15-9)14-17-11(5,6)12(7,8)18-14;8-7-2-1-6(10)3-5(7)4-9;1-10-7-4(6(9)12)2-3-5(8)11-7;2*1-9-5-3-4-6(8)11-7(5)10-2;7-4-2-1-3(6(9)11)5(8)10-4;;;;;;;;;;;;;;;;;;;;;;;;;;;;;;;;;;;;;;;;;;;;;;;;;;;;;;;/h7-12H,1-4,6H3,(H,23,24);3-7,19H,8H2,2H3,(H,17,18);3-8H,2H3,(H,17,18);1-8H3;1-4,10H;2-3H,1H3,(H2,9,12)(H,10,11);2*3-4H,2H3,(H,10,11);1-2H,(H2,9,11);55*1H/i;;;;;;;;;55*1+1D. The van der Waals surface area contributed by atoms with Crippen molar-refractivity contribution >= 4 is 223 Å². The zero-order valence-corrected chi connectivity index (χ0v) is 86.9.